The van der Waals surface area contributed by atoms with Gasteiger partial charge >= 0.3 is 0 Å². The van der Waals surface area contributed by atoms with Gasteiger partial charge in [0, 0.05) is 24.7 Å². The molecule has 108 valence electrons. The van der Waals surface area contributed by atoms with E-state index in [0.717, 1.165) is 23.7 Å². The Morgan fingerprint density at radius 3 is 2.68 bits per heavy atom. The first-order chi connectivity index (χ1) is 8.97. The molecule has 1 atom stereocenters. The molecular weight excluding hydrogens is 260 g/mol. The van der Waals surface area contributed by atoms with E-state index < -0.39 is 0 Å². The molecule has 19 heavy (non-hydrogen) atoms. The summed E-state index contributed by atoms with van der Waals surface area (Å²) in [5.74, 6) is 0.608. The minimum atomic E-state index is -0.345. The lowest BCUT2D eigenvalue weighted by molar-refractivity contribution is 0.120. The van der Waals surface area contributed by atoms with Gasteiger partial charge in [-0.1, -0.05) is 37.6 Å². The molecule has 0 spiro atoms. The molecular formula is C15H25ClN2O. The fourth-order valence-electron chi connectivity index (χ4n) is 1.97. The Hall–Kier alpha value is -0.610. The molecule has 1 aromatic carbocycles. The molecule has 0 amide bonds. The fraction of sp³-hybridized carbons (Fsp3) is 0.600. The number of likely N-dealkylation sites (N-methyl/N-ethyl adjacent to an activating group) is 1. The highest BCUT2D eigenvalue weighted by Gasteiger charge is 2.08. The van der Waals surface area contributed by atoms with Crippen LogP contribution in [-0.4, -0.2) is 42.8 Å². The number of halogens is 1. The smallest absolute Gasteiger partial charge is 0.0791 e. The first kappa shape index (κ1) is 16.4. The quantitative estimate of drug-likeness (QED) is 0.769. The normalized spacial score (nSPS) is 13.2. The van der Waals surface area contributed by atoms with Gasteiger partial charge in [-0.2, -0.15) is 0 Å². The second kappa shape index (κ2) is 8.54. The maximum absolute atomic E-state index is 9.93. The lowest BCUT2D eigenvalue weighted by atomic mass is 10.2. The number of hydrogen-bond acceptors (Lipinski definition) is 3. The predicted octanol–water partition coefficient (Wildman–Crippen LogP) is 2.38. The number of rotatable bonds is 8. The molecule has 3 nitrogen and oxygen atoms in total. The Bertz CT molecular complexity index is 371. The molecule has 0 fully saturated rings. The van der Waals surface area contributed by atoms with Gasteiger partial charge in [-0.05, 0) is 37.2 Å². The number of nitrogens with one attached hydrogen (secondary N) is 1. The average Bonchev–Trinajstić information content (AvgIpc) is 2.27. The van der Waals surface area contributed by atoms with Gasteiger partial charge in [0.05, 0.1) is 6.10 Å². The lowest BCUT2D eigenvalue weighted by Crippen LogP contribution is -2.37. The largest absolute Gasteiger partial charge is 0.390 e. The summed E-state index contributed by atoms with van der Waals surface area (Å²) in [7, 11) is 2.01. The standard InChI is InChI=1S/C15H25ClN2O/c1-12(2)8-17-9-15(19)11-18(3)10-13-5-4-6-14(16)7-13/h4-7,12,15,17,19H,8-11H2,1-3H3. The first-order valence-electron chi connectivity index (χ1n) is 6.79. The van der Waals surface area contributed by atoms with Crippen LogP contribution >= 0.6 is 11.6 Å². The van der Waals surface area contributed by atoms with Gasteiger partial charge in [0.25, 0.3) is 0 Å². The van der Waals surface area contributed by atoms with E-state index in [2.05, 4.69) is 24.1 Å². The van der Waals surface area contributed by atoms with Crippen LogP contribution < -0.4 is 5.32 Å². The van der Waals surface area contributed by atoms with E-state index in [1.54, 1.807) is 0 Å². The van der Waals surface area contributed by atoms with Crippen LogP contribution in [0.25, 0.3) is 0 Å². The maximum atomic E-state index is 9.93. The van der Waals surface area contributed by atoms with Gasteiger partial charge < -0.3 is 10.4 Å². The van der Waals surface area contributed by atoms with Crippen LogP contribution in [0, 0.1) is 5.92 Å². The minimum absolute atomic E-state index is 0.345. The van der Waals surface area contributed by atoms with Crippen molar-refractivity contribution in [1.29, 1.82) is 0 Å². The van der Waals surface area contributed by atoms with E-state index in [-0.39, 0.29) is 6.10 Å². The second-order valence-corrected chi connectivity index (χ2v) is 5.97. The van der Waals surface area contributed by atoms with Crippen molar-refractivity contribution in [2.75, 3.05) is 26.7 Å². The topological polar surface area (TPSA) is 35.5 Å². The fourth-order valence-corrected chi connectivity index (χ4v) is 2.19. The summed E-state index contributed by atoms with van der Waals surface area (Å²) in [6.45, 7) is 7.34. The Labute approximate surface area is 121 Å². The summed E-state index contributed by atoms with van der Waals surface area (Å²) in [5, 5.41) is 14.0. The molecule has 1 unspecified atom stereocenters. The van der Waals surface area contributed by atoms with Crippen LogP contribution in [0.15, 0.2) is 24.3 Å². The third-order valence-corrected chi connectivity index (χ3v) is 3.03. The van der Waals surface area contributed by atoms with Gasteiger partial charge in [-0.25, -0.2) is 0 Å². The molecule has 0 heterocycles. The summed E-state index contributed by atoms with van der Waals surface area (Å²) in [5.41, 5.74) is 1.16. The van der Waals surface area contributed by atoms with E-state index in [1.807, 2.05) is 31.3 Å². The number of benzene rings is 1. The van der Waals surface area contributed by atoms with Gasteiger partial charge in [0.15, 0.2) is 0 Å². The van der Waals surface area contributed by atoms with Crippen LogP contribution in [0.5, 0.6) is 0 Å². The van der Waals surface area contributed by atoms with Gasteiger partial charge in [-0.15, -0.1) is 0 Å². The maximum Gasteiger partial charge on any atom is 0.0791 e. The number of aliphatic hydroxyl groups excluding tert-OH is 1. The Morgan fingerprint density at radius 1 is 1.32 bits per heavy atom. The Morgan fingerprint density at radius 2 is 2.05 bits per heavy atom. The second-order valence-electron chi connectivity index (χ2n) is 5.53. The minimum Gasteiger partial charge on any atom is -0.390 e. The van der Waals surface area contributed by atoms with Crippen LogP contribution in [-0.2, 0) is 6.54 Å². The third kappa shape index (κ3) is 7.53. The summed E-state index contributed by atoms with van der Waals surface area (Å²) in [6, 6.07) is 7.83. The molecule has 2 N–H and O–H groups in total. The summed E-state index contributed by atoms with van der Waals surface area (Å²) >= 11 is 5.95. The van der Waals surface area contributed by atoms with E-state index in [9.17, 15) is 5.11 Å². The SMILES string of the molecule is CC(C)CNCC(O)CN(C)Cc1cccc(Cl)c1. The van der Waals surface area contributed by atoms with Crippen molar-refractivity contribution in [3.05, 3.63) is 34.9 Å². The molecule has 0 aliphatic carbocycles. The highest BCUT2D eigenvalue weighted by Crippen LogP contribution is 2.12. The zero-order valence-electron chi connectivity index (χ0n) is 12.1. The summed E-state index contributed by atoms with van der Waals surface area (Å²) in [6.07, 6.45) is -0.345. The van der Waals surface area contributed by atoms with E-state index in [4.69, 9.17) is 11.6 Å². The first-order valence-corrected chi connectivity index (χ1v) is 7.17. The lowest BCUT2D eigenvalue weighted by Gasteiger charge is -2.21. The van der Waals surface area contributed by atoms with Crippen molar-refractivity contribution in [3.63, 3.8) is 0 Å². The molecule has 0 radical (unpaired) electrons. The zero-order chi connectivity index (χ0) is 14.3. The van der Waals surface area contributed by atoms with Crippen LogP contribution in [0.4, 0.5) is 0 Å². The monoisotopic (exact) mass is 284 g/mol. The molecule has 1 rings (SSSR count). The van der Waals surface area contributed by atoms with Crippen LogP contribution in [0.2, 0.25) is 5.02 Å². The molecule has 1 aromatic rings. The Kier molecular flexibility index (Phi) is 7.39. The van der Waals surface area contributed by atoms with Crippen molar-refractivity contribution in [2.45, 2.75) is 26.5 Å². The molecule has 0 aromatic heterocycles. The number of nitrogens with zero attached hydrogens (tertiary/aromatic N) is 1. The highest BCUT2D eigenvalue weighted by atomic mass is 35.5. The van der Waals surface area contributed by atoms with Gasteiger partial charge in [-0.3, -0.25) is 4.90 Å². The van der Waals surface area contributed by atoms with Gasteiger partial charge in [0.1, 0.15) is 0 Å². The van der Waals surface area contributed by atoms with E-state index in [0.29, 0.717) is 19.0 Å². The zero-order valence-corrected chi connectivity index (χ0v) is 12.8. The molecule has 4 heteroatoms. The van der Waals surface area contributed by atoms with Crippen molar-refractivity contribution in [1.82, 2.24) is 10.2 Å². The van der Waals surface area contributed by atoms with Crippen molar-refractivity contribution >= 4 is 11.6 Å². The van der Waals surface area contributed by atoms with Crippen LogP contribution in [0.3, 0.4) is 0 Å². The summed E-state index contributed by atoms with van der Waals surface area (Å²) in [4.78, 5) is 2.10. The summed E-state index contributed by atoms with van der Waals surface area (Å²) < 4.78 is 0. The molecule has 0 bridgehead atoms. The number of aliphatic hydroxyl groups is 1. The average molecular weight is 285 g/mol. The highest BCUT2D eigenvalue weighted by molar-refractivity contribution is 6.30. The van der Waals surface area contributed by atoms with Crippen molar-refractivity contribution in [2.24, 2.45) is 5.92 Å². The molecule has 0 saturated heterocycles. The van der Waals surface area contributed by atoms with E-state index >= 15 is 0 Å². The Balaban J connectivity index is 2.28. The molecule has 0 aliphatic heterocycles. The van der Waals surface area contributed by atoms with Crippen LogP contribution in [0.1, 0.15) is 19.4 Å². The molecule has 0 saturated carbocycles. The third-order valence-electron chi connectivity index (χ3n) is 2.80. The number of hydrogen-bond donors (Lipinski definition) is 2. The van der Waals surface area contributed by atoms with Gasteiger partial charge in [0.2, 0.25) is 0 Å². The van der Waals surface area contributed by atoms with Crippen molar-refractivity contribution < 1.29 is 5.11 Å². The predicted molar refractivity (Wildman–Crippen MR) is 81.5 cm³/mol. The van der Waals surface area contributed by atoms with Crippen molar-refractivity contribution in [3.8, 4) is 0 Å². The van der Waals surface area contributed by atoms with E-state index in [1.165, 1.54) is 0 Å². The molecule has 0 aliphatic rings.